The minimum absolute atomic E-state index is 0.241. The summed E-state index contributed by atoms with van der Waals surface area (Å²) in [4.78, 5) is 17.0. The van der Waals surface area contributed by atoms with Crippen molar-refractivity contribution in [1.29, 1.82) is 0 Å². The van der Waals surface area contributed by atoms with Crippen LogP contribution in [0.15, 0.2) is 47.8 Å². The molecular formula is C20H20N2O4S. The van der Waals surface area contributed by atoms with Gasteiger partial charge in [0, 0.05) is 16.5 Å². The van der Waals surface area contributed by atoms with Gasteiger partial charge >= 0.3 is 0 Å². The zero-order chi connectivity index (χ0) is 19.2. The number of hydrogen-bond donors (Lipinski definition) is 1. The number of nitrogens with one attached hydrogen (secondary N) is 1. The second kappa shape index (κ2) is 8.55. The molecule has 0 saturated carbocycles. The lowest BCUT2D eigenvalue weighted by atomic mass is 10.1. The second-order valence-electron chi connectivity index (χ2n) is 5.52. The molecule has 6 nitrogen and oxygen atoms in total. The topological polar surface area (TPSA) is 69.7 Å². The molecule has 0 saturated heterocycles. The third kappa shape index (κ3) is 4.38. The summed E-state index contributed by atoms with van der Waals surface area (Å²) in [7, 11) is 3.21. The first-order valence-corrected chi connectivity index (χ1v) is 9.24. The molecule has 0 aliphatic carbocycles. The SMILES string of the molecule is CCOc1cccc(C(=O)Nc2nc(-c3cc(OC)ccc3OC)cs2)c1. The maximum Gasteiger partial charge on any atom is 0.257 e. The number of carbonyl (C=O) groups excluding carboxylic acids is 1. The Balaban J connectivity index is 1.80. The second-order valence-corrected chi connectivity index (χ2v) is 6.38. The molecule has 1 N–H and O–H groups in total. The van der Waals surface area contributed by atoms with E-state index < -0.39 is 0 Å². The Kier molecular flexibility index (Phi) is 5.93. The van der Waals surface area contributed by atoms with Crippen molar-refractivity contribution in [1.82, 2.24) is 4.98 Å². The van der Waals surface area contributed by atoms with E-state index in [-0.39, 0.29) is 5.91 Å². The van der Waals surface area contributed by atoms with Crippen LogP contribution in [-0.4, -0.2) is 31.7 Å². The highest BCUT2D eigenvalue weighted by molar-refractivity contribution is 7.14. The standard InChI is InChI=1S/C20H20N2O4S/c1-4-26-15-7-5-6-13(10-15)19(23)22-20-21-17(12-27-20)16-11-14(24-2)8-9-18(16)25-3/h5-12H,4H2,1-3H3,(H,21,22,23). The number of aromatic nitrogens is 1. The van der Waals surface area contributed by atoms with Gasteiger partial charge in [0.25, 0.3) is 5.91 Å². The van der Waals surface area contributed by atoms with Crippen LogP contribution < -0.4 is 19.5 Å². The van der Waals surface area contributed by atoms with E-state index in [1.807, 2.05) is 36.6 Å². The van der Waals surface area contributed by atoms with E-state index in [0.717, 1.165) is 5.56 Å². The molecule has 1 aromatic heterocycles. The molecular weight excluding hydrogens is 364 g/mol. The highest BCUT2D eigenvalue weighted by Crippen LogP contribution is 2.35. The van der Waals surface area contributed by atoms with E-state index in [0.29, 0.717) is 40.2 Å². The van der Waals surface area contributed by atoms with Gasteiger partial charge < -0.3 is 14.2 Å². The van der Waals surface area contributed by atoms with Crippen molar-refractivity contribution in [3.8, 4) is 28.5 Å². The summed E-state index contributed by atoms with van der Waals surface area (Å²) < 4.78 is 16.1. The molecule has 0 fully saturated rings. The molecule has 3 aromatic rings. The average molecular weight is 384 g/mol. The lowest BCUT2D eigenvalue weighted by Crippen LogP contribution is -2.11. The number of amides is 1. The zero-order valence-electron chi connectivity index (χ0n) is 15.3. The van der Waals surface area contributed by atoms with Crippen molar-refractivity contribution in [2.45, 2.75) is 6.92 Å². The number of hydrogen-bond acceptors (Lipinski definition) is 6. The van der Waals surface area contributed by atoms with Crippen LogP contribution in [0.4, 0.5) is 5.13 Å². The lowest BCUT2D eigenvalue weighted by molar-refractivity contribution is 0.102. The summed E-state index contributed by atoms with van der Waals surface area (Å²) in [5, 5.41) is 5.19. The van der Waals surface area contributed by atoms with Crippen LogP contribution >= 0.6 is 11.3 Å². The minimum Gasteiger partial charge on any atom is -0.497 e. The van der Waals surface area contributed by atoms with Gasteiger partial charge in [-0.25, -0.2) is 4.98 Å². The number of anilines is 1. The first-order valence-electron chi connectivity index (χ1n) is 8.36. The molecule has 0 spiro atoms. The first-order chi connectivity index (χ1) is 13.1. The summed E-state index contributed by atoms with van der Waals surface area (Å²) in [6, 6.07) is 12.5. The zero-order valence-corrected chi connectivity index (χ0v) is 16.1. The third-order valence-corrected chi connectivity index (χ3v) is 4.57. The van der Waals surface area contributed by atoms with Crippen molar-refractivity contribution in [3.05, 3.63) is 53.4 Å². The molecule has 1 heterocycles. The summed E-state index contributed by atoms with van der Waals surface area (Å²) in [6.07, 6.45) is 0. The van der Waals surface area contributed by atoms with Crippen LogP contribution in [0.2, 0.25) is 0 Å². The number of thiazole rings is 1. The van der Waals surface area contributed by atoms with Gasteiger partial charge in [-0.3, -0.25) is 10.1 Å². The maximum atomic E-state index is 12.5. The smallest absolute Gasteiger partial charge is 0.257 e. The molecule has 0 atom stereocenters. The van der Waals surface area contributed by atoms with E-state index in [1.165, 1.54) is 11.3 Å². The Morgan fingerprint density at radius 3 is 2.70 bits per heavy atom. The number of rotatable bonds is 7. The van der Waals surface area contributed by atoms with Crippen LogP contribution in [0.5, 0.6) is 17.2 Å². The van der Waals surface area contributed by atoms with E-state index in [4.69, 9.17) is 14.2 Å². The molecule has 3 rings (SSSR count). The van der Waals surface area contributed by atoms with Crippen molar-refractivity contribution in [3.63, 3.8) is 0 Å². The quantitative estimate of drug-likeness (QED) is 0.650. The van der Waals surface area contributed by atoms with E-state index in [1.54, 1.807) is 32.4 Å². The summed E-state index contributed by atoms with van der Waals surface area (Å²) in [5.41, 5.74) is 2.01. The van der Waals surface area contributed by atoms with Gasteiger partial charge in [-0.1, -0.05) is 6.07 Å². The fraction of sp³-hybridized carbons (Fsp3) is 0.200. The number of carbonyl (C=O) groups is 1. The Bertz CT molecular complexity index is 939. The van der Waals surface area contributed by atoms with Crippen LogP contribution in [0.3, 0.4) is 0 Å². The van der Waals surface area contributed by atoms with Crippen LogP contribution in [-0.2, 0) is 0 Å². The molecule has 0 aliphatic heterocycles. The van der Waals surface area contributed by atoms with Gasteiger partial charge in [0.05, 0.1) is 26.5 Å². The molecule has 2 aromatic carbocycles. The van der Waals surface area contributed by atoms with Gasteiger partial charge in [0.1, 0.15) is 17.2 Å². The molecule has 0 unspecified atom stereocenters. The molecule has 1 amide bonds. The Morgan fingerprint density at radius 1 is 1.11 bits per heavy atom. The highest BCUT2D eigenvalue weighted by atomic mass is 32.1. The fourth-order valence-corrected chi connectivity index (χ4v) is 3.24. The number of nitrogens with zero attached hydrogens (tertiary/aromatic N) is 1. The maximum absolute atomic E-state index is 12.5. The number of ether oxygens (including phenoxy) is 3. The fourth-order valence-electron chi connectivity index (χ4n) is 2.53. The normalized spacial score (nSPS) is 10.3. The summed E-state index contributed by atoms with van der Waals surface area (Å²) in [5.74, 6) is 1.81. The number of methoxy groups -OCH3 is 2. The van der Waals surface area contributed by atoms with Crippen LogP contribution in [0, 0.1) is 0 Å². The Morgan fingerprint density at radius 2 is 1.96 bits per heavy atom. The molecule has 27 heavy (non-hydrogen) atoms. The molecule has 0 bridgehead atoms. The summed E-state index contributed by atoms with van der Waals surface area (Å²) >= 11 is 1.34. The van der Waals surface area contributed by atoms with Gasteiger partial charge in [0.2, 0.25) is 0 Å². The van der Waals surface area contributed by atoms with Crippen LogP contribution in [0.1, 0.15) is 17.3 Å². The Hall–Kier alpha value is -3.06. The van der Waals surface area contributed by atoms with Gasteiger partial charge in [-0.15, -0.1) is 11.3 Å². The third-order valence-electron chi connectivity index (χ3n) is 3.81. The molecule has 0 radical (unpaired) electrons. The largest absolute Gasteiger partial charge is 0.497 e. The predicted molar refractivity (Wildman–Crippen MR) is 106 cm³/mol. The molecule has 140 valence electrons. The monoisotopic (exact) mass is 384 g/mol. The first kappa shape index (κ1) is 18.7. The van der Waals surface area contributed by atoms with E-state index in [9.17, 15) is 4.79 Å². The van der Waals surface area contributed by atoms with Crippen molar-refractivity contribution in [2.75, 3.05) is 26.1 Å². The average Bonchev–Trinajstić information content (AvgIpc) is 3.16. The predicted octanol–water partition coefficient (Wildman–Crippen LogP) is 4.48. The van der Waals surface area contributed by atoms with Crippen molar-refractivity contribution in [2.24, 2.45) is 0 Å². The summed E-state index contributed by atoms with van der Waals surface area (Å²) in [6.45, 7) is 2.44. The van der Waals surface area contributed by atoms with Gasteiger partial charge in [-0.2, -0.15) is 0 Å². The molecule has 0 aliphatic rings. The van der Waals surface area contributed by atoms with Crippen molar-refractivity contribution >= 4 is 22.4 Å². The van der Waals surface area contributed by atoms with Gasteiger partial charge in [-0.05, 0) is 43.3 Å². The Labute approximate surface area is 161 Å². The van der Waals surface area contributed by atoms with E-state index >= 15 is 0 Å². The van der Waals surface area contributed by atoms with Crippen molar-refractivity contribution < 1.29 is 19.0 Å². The minimum atomic E-state index is -0.241. The number of benzene rings is 2. The highest BCUT2D eigenvalue weighted by Gasteiger charge is 2.14. The molecule has 7 heteroatoms. The lowest BCUT2D eigenvalue weighted by Gasteiger charge is -2.08. The van der Waals surface area contributed by atoms with Gasteiger partial charge in [0.15, 0.2) is 5.13 Å². The van der Waals surface area contributed by atoms with E-state index in [2.05, 4.69) is 10.3 Å². The van der Waals surface area contributed by atoms with Crippen LogP contribution in [0.25, 0.3) is 11.3 Å².